The molecule has 2 rings (SSSR count). The lowest BCUT2D eigenvalue weighted by molar-refractivity contribution is -0.123. The van der Waals surface area contributed by atoms with Gasteiger partial charge in [-0.2, -0.15) is 0 Å². The summed E-state index contributed by atoms with van der Waals surface area (Å²) in [7, 11) is 0. The number of carbonyl (C=O) groups excluding carboxylic acids is 2. The van der Waals surface area contributed by atoms with E-state index in [-0.39, 0.29) is 18.0 Å². The molecular formula is C21H35N3O3S. The average molecular weight is 410 g/mol. The van der Waals surface area contributed by atoms with E-state index in [1.165, 1.54) is 4.88 Å². The van der Waals surface area contributed by atoms with Crippen LogP contribution in [0.4, 0.5) is 4.79 Å². The Balaban J connectivity index is 1.86. The van der Waals surface area contributed by atoms with Crippen LogP contribution < -0.4 is 5.32 Å². The van der Waals surface area contributed by atoms with Crippen molar-refractivity contribution >= 4 is 23.3 Å². The molecule has 1 aromatic rings. The molecule has 0 saturated carbocycles. The summed E-state index contributed by atoms with van der Waals surface area (Å²) >= 11 is 1.66. The van der Waals surface area contributed by atoms with Gasteiger partial charge in [0, 0.05) is 24.0 Å². The SMILES string of the molecule is CCN(CC(=O)NC(C)c1cccs1)C1CCCN(C(=O)OC(C)(C)C)CC1. The zero-order valence-corrected chi connectivity index (χ0v) is 18.7. The number of carbonyl (C=O) groups is 2. The Labute approximate surface area is 173 Å². The third kappa shape index (κ3) is 7.09. The predicted molar refractivity (Wildman–Crippen MR) is 114 cm³/mol. The Morgan fingerprint density at radius 3 is 2.71 bits per heavy atom. The number of amides is 2. The number of likely N-dealkylation sites (N-methyl/N-ethyl adjacent to an activating group) is 1. The van der Waals surface area contributed by atoms with Gasteiger partial charge in [0.2, 0.25) is 5.91 Å². The summed E-state index contributed by atoms with van der Waals surface area (Å²) in [6.07, 6.45) is 2.54. The van der Waals surface area contributed by atoms with Crippen molar-refractivity contribution < 1.29 is 14.3 Å². The van der Waals surface area contributed by atoms with E-state index in [0.29, 0.717) is 25.7 Å². The van der Waals surface area contributed by atoms with Gasteiger partial charge in [-0.15, -0.1) is 11.3 Å². The van der Waals surface area contributed by atoms with Crippen molar-refractivity contribution in [2.45, 2.75) is 71.6 Å². The van der Waals surface area contributed by atoms with Crippen LogP contribution >= 0.6 is 11.3 Å². The second kappa shape index (κ2) is 10.3. The van der Waals surface area contributed by atoms with Gasteiger partial charge < -0.3 is 15.0 Å². The van der Waals surface area contributed by atoms with Gasteiger partial charge in [-0.25, -0.2) is 4.79 Å². The van der Waals surface area contributed by atoms with Crippen molar-refractivity contribution in [3.05, 3.63) is 22.4 Å². The maximum absolute atomic E-state index is 12.5. The van der Waals surface area contributed by atoms with Crippen LogP contribution in [0.2, 0.25) is 0 Å². The average Bonchev–Trinajstić information content (AvgIpc) is 3.03. The number of ether oxygens (including phenoxy) is 1. The van der Waals surface area contributed by atoms with E-state index in [0.717, 1.165) is 25.8 Å². The normalized spacial score (nSPS) is 19.2. The summed E-state index contributed by atoms with van der Waals surface area (Å²) in [5.74, 6) is 0.0518. The minimum Gasteiger partial charge on any atom is -0.444 e. The van der Waals surface area contributed by atoms with Crippen LogP contribution in [0.15, 0.2) is 17.5 Å². The van der Waals surface area contributed by atoms with Gasteiger partial charge in [-0.3, -0.25) is 9.69 Å². The maximum atomic E-state index is 12.5. The molecule has 1 fully saturated rings. The molecule has 0 spiro atoms. The number of likely N-dealkylation sites (tertiary alicyclic amines) is 1. The van der Waals surface area contributed by atoms with Crippen LogP contribution in [0.1, 0.15) is 64.8 Å². The fraction of sp³-hybridized carbons (Fsp3) is 0.714. The summed E-state index contributed by atoms with van der Waals surface area (Å²) in [6, 6.07) is 4.38. The zero-order valence-electron chi connectivity index (χ0n) is 17.9. The number of hydrogen-bond acceptors (Lipinski definition) is 5. The molecule has 7 heteroatoms. The summed E-state index contributed by atoms with van der Waals surface area (Å²) in [5, 5.41) is 5.13. The number of hydrogen-bond donors (Lipinski definition) is 1. The van der Waals surface area contributed by atoms with Crippen molar-refractivity contribution in [3.63, 3.8) is 0 Å². The summed E-state index contributed by atoms with van der Waals surface area (Å²) < 4.78 is 5.51. The fourth-order valence-electron chi connectivity index (χ4n) is 3.53. The molecule has 0 aliphatic carbocycles. The van der Waals surface area contributed by atoms with Crippen molar-refractivity contribution in [3.8, 4) is 0 Å². The first kappa shape index (κ1) is 22.7. The molecule has 1 aromatic heterocycles. The highest BCUT2D eigenvalue weighted by Gasteiger charge is 2.28. The highest BCUT2D eigenvalue weighted by molar-refractivity contribution is 7.10. The van der Waals surface area contributed by atoms with Gasteiger partial charge in [0.15, 0.2) is 0 Å². The first-order valence-corrected chi connectivity index (χ1v) is 11.1. The minimum atomic E-state index is -0.477. The van der Waals surface area contributed by atoms with E-state index in [2.05, 4.69) is 17.1 Å². The number of thiophene rings is 1. The van der Waals surface area contributed by atoms with Crippen molar-refractivity contribution in [1.29, 1.82) is 0 Å². The Bertz CT molecular complexity index is 627. The standard InChI is InChI=1S/C21H35N3O3S/c1-6-23(15-19(25)22-16(2)18-10-8-14-28-18)17-9-7-12-24(13-11-17)20(26)27-21(3,4)5/h8,10,14,16-17H,6-7,9,11-13,15H2,1-5H3,(H,22,25). The first-order valence-electron chi connectivity index (χ1n) is 10.2. The summed E-state index contributed by atoms with van der Waals surface area (Å²) in [5.41, 5.74) is -0.477. The molecule has 1 saturated heterocycles. The van der Waals surface area contributed by atoms with E-state index >= 15 is 0 Å². The number of rotatable bonds is 6. The van der Waals surface area contributed by atoms with E-state index in [1.807, 2.05) is 45.2 Å². The third-order valence-electron chi connectivity index (χ3n) is 4.97. The molecule has 1 aliphatic heterocycles. The van der Waals surface area contributed by atoms with Crippen LogP contribution in [-0.2, 0) is 9.53 Å². The predicted octanol–water partition coefficient (Wildman–Crippen LogP) is 4.04. The summed E-state index contributed by atoms with van der Waals surface area (Å²) in [6.45, 7) is 12.4. The zero-order chi connectivity index (χ0) is 20.7. The van der Waals surface area contributed by atoms with Gasteiger partial charge in [0.05, 0.1) is 12.6 Å². The van der Waals surface area contributed by atoms with Crippen LogP contribution in [0.3, 0.4) is 0 Å². The molecule has 2 amide bonds. The lowest BCUT2D eigenvalue weighted by Gasteiger charge is -2.30. The molecule has 1 N–H and O–H groups in total. The van der Waals surface area contributed by atoms with Crippen LogP contribution in [0.25, 0.3) is 0 Å². The van der Waals surface area contributed by atoms with E-state index in [9.17, 15) is 9.59 Å². The van der Waals surface area contributed by atoms with Crippen molar-refractivity contribution in [2.24, 2.45) is 0 Å². The fourth-order valence-corrected chi connectivity index (χ4v) is 4.27. The second-order valence-electron chi connectivity index (χ2n) is 8.42. The van der Waals surface area contributed by atoms with E-state index < -0.39 is 5.60 Å². The quantitative estimate of drug-likeness (QED) is 0.770. The molecule has 0 bridgehead atoms. The molecule has 6 nitrogen and oxygen atoms in total. The lowest BCUT2D eigenvalue weighted by atomic mass is 10.1. The molecule has 2 heterocycles. The maximum Gasteiger partial charge on any atom is 0.410 e. The molecule has 0 radical (unpaired) electrons. The van der Waals surface area contributed by atoms with Crippen LogP contribution in [0.5, 0.6) is 0 Å². The first-order chi connectivity index (χ1) is 13.2. The Hall–Kier alpha value is -1.60. The minimum absolute atomic E-state index is 0.0306. The Morgan fingerprint density at radius 2 is 2.11 bits per heavy atom. The number of nitrogens with zero attached hydrogens (tertiary/aromatic N) is 2. The van der Waals surface area contributed by atoms with Crippen LogP contribution in [0, 0.1) is 0 Å². The van der Waals surface area contributed by atoms with E-state index in [4.69, 9.17) is 4.74 Å². The highest BCUT2D eigenvalue weighted by Crippen LogP contribution is 2.20. The molecule has 28 heavy (non-hydrogen) atoms. The lowest BCUT2D eigenvalue weighted by Crippen LogP contribution is -2.44. The van der Waals surface area contributed by atoms with Gasteiger partial charge in [0.25, 0.3) is 0 Å². The van der Waals surface area contributed by atoms with E-state index in [1.54, 1.807) is 16.2 Å². The molecule has 1 aliphatic rings. The van der Waals surface area contributed by atoms with Gasteiger partial charge in [-0.05, 0) is 64.9 Å². The monoisotopic (exact) mass is 409 g/mol. The van der Waals surface area contributed by atoms with Crippen molar-refractivity contribution in [1.82, 2.24) is 15.1 Å². The Kier molecular flexibility index (Phi) is 8.31. The largest absolute Gasteiger partial charge is 0.444 e. The van der Waals surface area contributed by atoms with Gasteiger partial charge in [-0.1, -0.05) is 13.0 Å². The highest BCUT2D eigenvalue weighted by atomic mass is 32.1. The number of nitrogens with one attached hydrogen (secondary N) is 1. The van der Waals surface area contributed by atoms with Crippen molar-refractivity contribution in [2.75, 3.05) is 26.2 Å². The van der Waals surface area contributed by atoms with Gasteiger partial charge in [0.1, 0.15) is 5.60 Å². The van der Waals surface area contributed by atoms with Crippen LogP contribution in [-0.4, -0.2) is 59.6 Å². The van der Waals surface area contributed by atoms with Gasteiger partial charge >= 0.3 is 6.09 Å². The smallest absolute Gasteiger partial charge is 0.410 e. The molecule has 158 valence electrons. The third-order valence-corrected chi connectivity index (χ3v) is 6.02. The Morgan fingerprint density at radius 1 is 1.36 bits per heavy atom. The molecule has 0 aromatic carbocycles. The molecular weight excluding hydrogens is 374 g/mol. The second-order valence-corrected chi connectivity index (χ2v) is 9.40. The summed E-state index contributed by atoms with van der Waals surface area (Å²) in [4.78, 5) is 30.1. The molecule has 2 unspecified atom stereocenters. The molecule has 2 atom stereocenters. The topological polar surface area (TPSA) is 61.9 Å².